The minimum Gasteiger partial charge on any atom is -0.445 e. The van der Waals surface area contributed by atoms with Crippen LogP contribution in [0.15, 0.2) is 30.3 Å². The first kappa shape index (κ1) is 27.5. The molecule has 0 spiro atoms. The Balaban J connectivity index is 1.86. The second-order valence-corrected chi connectivity index (χ2v) is 15.7. The molecule has 2 heterocycles. The summed E-state index contributed by atoms with van der Waals surface area (Å²) in [7, 11) is -1.93. The van der Waals surface area contributed by atoms with Gasteiger partial charge in [-0.05, 0) is 64.2 Å². The van der Waals surface area contributed by atoms with Crippen LogP contribution in [0.4, 0.5) is 9.59 Å². The lowest BCUT2D eigenvalue weighted by molar-refractivity contribution is -0.0459. The zero-order valence-corrected chi connectivity index (χ0v) is 23.6. The van der Waals surface area contributed by atoms with Crippen LogP contribution in [-0.2, 0) is 20.5 Å². The zero-order chi connectivity index (χ0) is 25.8. The van der Waals surface area contributed by atoms with Crippen LogP contribution < -0.4 is 0 Å². The van der Waals surface area contributed by atoms with Crippen molar-refractivity contribution in [3.63, 3.8) is 0 Å². The molecule has 7 nitrogen and oxygen atoms in total. The maximum Gasteiger partial charge on any atom is 0.410 e. The molecule has 1 aromatic rings. The van der Waals surface area contributed by atoms with E-state index in [1.807, 2.05) is 60.9 Å². The molecule has 2 saturated heterocycles. The van der Waals surface area contributed by atoms with Crippen molar-refractivity contribution in [1.82, 2.24) is 9.80 Å². The van der Waals surface area contributed by atoms with Gasteiger partial charge in [-0.15, -0.1) is 0 Å². The topological polar surface area (TPSA) is 68.3 Å². The summed E-state index contributed by atoms with van der Waals surface area (Å²) >= 11 is 0. The summed E-state index contributed by atoms with van der Waals surface area (Å²) in [4.78, 5) is 30.3. The molecule has 196 valence electrons. The molecule has 0 aromatic heterocycles. The molecule has 0 N–H and O–H groups in total. The van der Waals surface area contributed by atoms with Crippen LogP contribution in [0.3, 0.4) is 0 Å². The van der Waals surface area contributed by atoms with Gasteiger partial charge in [-0.1, -0.05) is 51.1 Å². The lowest BCUT2D eigenvalue weighted by Gasteiger charge is -2.49. The third kappa shape index (κ3) is 6.39. The minimum atomic E-state index is -1.93. The van der Waals surface area contributed by atoms with E-state index in [9.17, 15) is 9.59 Å². The van der Waals surface area contributed by atoms with E-state index in [1.54, 1.807) is 0 Å². The Labute approximate surface area is 212 Å². The fraction of sp³-hybridized carbons (Fsp3) is 0.704. The molecule has 0 aliphatic carbocycles. The van der Waals surface area contributed by atoms with Gasteiger partial charge in [0.15, 0.2) is 8.32 Å². The number of likely N-dealkylation sites (tertiary alicyclic amines) is 1. The quantitative estimate of drug-likeness (QED) is 0.395. The Kier molecular flexibility index (Phi) is 8.91. The summed E-state index contributed by atoms with van der Waals surface area (Å²) in [5.41, 5.74) is 0.376. The smallest absolute Gasteiger partial charge is 0.410 e. The Morgan fingerprint density at radius 1 is 1.03 bits per heavy atom. The fourth-order valence-corrected chi connectivity index (χ4v) is 8.54. The SMILES string of the molecule is CC[Si](CC)(CC)O[C@@H](C)[C@@H]1[C@@H]2CC[C@H](CN1C(=O)OCc1ccccc1)N2C(=O)OC(C)(C)C. The number of hydrogen-bond acceptors (Lipinski definition) is 5. The largest absolute Gasteiger partial charge is 0.445 e. The number of nitrogens with zero attached hydrogens (tertiary/aromatic N) is 2. The van der Waals surface area contributed by atoms with Crippen LogP contribution >= 0.6 is 0 Å². The molecule has 2 bridgehead atoms. The highest BCUT2D eigenvalue weighted by Gasteiger charge is 2.54. The first-order valence-electron chi connectivity index (χ1n) is 13.2. The van der Waals surface area contributed by atoms with Gasteiger partial charge in [0.1, 0.15) is 12.2 Å². The summed E-state index contributed by atoms with van der Waals surface area (Å²) in [6.07, 6.45) is 0.813. The number of ether oxygens (including phenoxy) is 2. The summed E-state index contributed by atoms with van der Waals surface area (Å²) in [6.45, 7) is 15.0. The van der Waals surface area contributed by atoms with Crippen LogP contribution in [0, 0.1) is 0 Å². The summed E-state index contributed by atoms with van der Waals surface area (Å²) < 4.78 is 18.4. The van der Waals surface area contributed by atoms with Crippen molar-refractivity contribution in [2.75, 3.05) is 6.54 Å². The van der Waals surface area contributed by atoms with Crippen molar-refractivity contribution >= 4 is 20.5 Å². The molecule has 0 unspecified atom stereocenters. The number of fused-ring (bicyclic) bond motifs is 2. The molecule has 2 fully saturated rings. The van der Waals surface area contributed by atoms with Gasteiger partial charge in [-0.2, -0.15) is 0 Å². The van der Waals surface area contributed by atoms with E-state index in [4.69, 9.17) is 13.9 Å². The van der Waals surface area contributed by atoms with Crippen molar-refractivity contribution < 1.29 is 23.5 Å². The van der Waals surface area contributed by atoms with Gasteiger partial charge >= 0.3 is 12.2 Å². The summed E-state index contributed by atoms with van der Waals surface area (Å²) in [5.74, 6) is 0. The average Bonchev–Trinajstić information content (AvgIpc) is 3.14. The third-order valence-corrected chi connectivity index (χ3v) is 12.3. The molecule has 35 heavy (non-hydrogen) atoms. The van der Waals surface area contributed by atoms with Crippen LogP contribution in [-0.4, -0.2) is 66.7 Å². The standard InChI is InChI=1S/C27H44N2O5Si/c1-8-35(9-2,10-3)34-20(4)24-23-17-16-22(29(23)26(31)33-27(5,6)7)18-28(24)25(30)32-19-21-14-12-11-13-15-21/h11-15,20,22-24H,8-10,16-19H2,1-7H3/t20-,22+,23-,24+/m0/s1. The van der Waals surface area contributed by atoms with E-state index >= 15 is 0 Å². The molecule has 2 aliphatic rings. The number of rotatable bonds is 8. The number of carbonyl (C=O) groups excluding carboxylic acids is 2. The van der Waals surface area contributed by atoms with E-state index in [0.717, 1.165) is 36.5 Å². The van der Waals surface area contributed by atoms with Gasteiger partial charge in [0, 0.05) is 6.54 Å². The van der Waals surface area contributed by atoms with Gasteiger partial charge in [0.05, 0.1) is 24.2 Å². The van der Waals surface area contributed by atoms with E-state index in [1.165, 1.54) is 0 Å². The van der Waals surface area contributed by atoms with Gasteiger partial charge in [0.25, 0.3) is 0 Å². The van der Waals surface area contributed by atoms with Crippen LogP contribution in [0.25, 0.3) is 0 Å². The monoisotopic (exact) mass is 504 g/mol. The van der Waals surface area contributed by atoms with Crippen molar-refractivity contribution in [3.05, 3.63) is 35.9 Å². The molecular formula is C27H44N2O5Si. The molecule has 3 rings (SSSR count). The molecule has 2 amide bonds. The van der Waals surface area contributed by atoms with Gasteiger partial charge in [0.2, 0.25) is 0 Å². The summed E-state index contributed by atoms with van der Waals surface area (Å²) in [5, 5.41) is 0. The maximum atomic E-state index is 13.4. The number of benzene rings is 1. The number of carbonyl (C=O) groups is 2. The molecule has 0 radical (unpaired) electrons. The third-order valence-electron chi connectivity index (χ3n) is 7.60. The van der Waals surface area contributed by atoms with E-state index in [0.29, 0.717) is 6.54 Å². The Morgan fingerprint density at radius 3 is 2.23 bits per heavy atom. The van der Waals surface area contributed by atoms with Gasteiger partial charge < -0.3 is 13.9 Å². The van der Waals surface area contributed by atoms with E-state index in [-0.39, 0.29) is 43.0 Å². The first-order chi connectivity index (χ1) is 16.5. The molecule has 1 aromatic carbocycles. The molecular weight excluding hydrogens is 460 g/mol. The van der Waals surface area contributed by atoms with Crippen LogP contribution in [0.5, 0.6) is 0 Å². The normalized spacial score (nSPS) is 23.2. The average molecular weight is 505 g/mol. The fourth-order valence-electron chi connectivity index (χ4n) is 5.61. The van der Waals surface area contributed by atoms with Gasteiger partial charge in [-0.3, -0.25) is 9.80 Å². The molecule has 4 atom stereocenters. The van der Waals surface area contributed by atoms with Gasteiger partial charge in [-0.25, -0.2) is 9.59 Å². The van der Waals surface area contributed by atoms with Crippen LogP contribution in [0.1, 0.15) is 66.9 Å². The Hall–Kier alpha value is -2.06. The highest BCUT2D eigenvalue weighted by Crippen LogP contribution is 2.39. The summed E-state index contributed by atoms with van der Waals surface area (Å²) in [6, 6.07) is 12.3. The van der Waals surface area contributed by atoms with Crippen molar-refractivity contribution in [3.8, 4) is 0 Å². The van der Waals surface area contributed by atoms with Crippen molar-refractivity contribution in [2.24, 2.45) is 0 Å². The van der Waals surface area contributed by atoms with E-state index in [2.05, 4.69) is 27.7 Å². The highest BCUT2D eigenvalue weighted by molar-refractivity contribution is 6.73. The number of piperazine rings is 1. The molecule has 2 aliphatic heterocycles. The lowest BCUT2D eigenvalue weighted by Crippen LogP contribution is -2.67. The zero-order valence-electron chi connectivity index (χ0n) is 22.6. The Bertz CT molecular complexity index is 847. The predicted octanol–water partition coefficient (Wildman–Crippen LogP) is 6.19. The van der Waals surface area contributed by atoms with Crippen LogP contribution in [0.2, 0.25) is 18.1 Å². The number of hydrogen-bond donors (Lipinski definition) is 0. The second kappa shape index (κ2) is 11.3. The minimum absolute atomic E-state index is 0.0758. The lowest BCUT2D eigenvalue weighted by atomic mass is 9.98. The maximum absolute atomic E-state index is 13.4. The highest BCUT2D eigenvalue weighted by atomic mass is 28.4. The van der Waals surface area contributed by atoms with E-state index < -0.39 is 13.9 Å². The molecule has 0 saturated carbocycles. The molecule has 8 heteroatoms. The Morgan fingerprint density at radius 2 is 1.66 bits per heavy atom. The predicted molar refractivity (Wildman–Crippen MR) is 140 cm³/mol. The second-order valence-electron chi connectivity index (χ2n) is 10.9. The first-order valence-corrected chi connectivity index (χ1v) is 15.7. The number of amides is 2. The van der Waals surface area contributed by atoms with Crippen molar-refractivity contribution in [2.45, 2.75) is 116 Å². The van der Waals surface area contributed by atoms with Crippen molar-refractivity contribution in [1.29, 1.82) is 0 Å².